The highest BCUT2D eigenvalue weighted by atomic mass is 32.2. The molecule has 11 nitrogen and oxygen atoms in total. The third-order valence-electron chi connectivity index (χ3n) is 6.34. The smallest absolute Gasteiger partial charge is 0.320 e. The summed E-state index contributed by atoms with van der Waals surface area (Å²) in [5, 5.41) is 27.7. The van der Waals surface area contributed by atoms with E-state index >= 15 is 0 Å². The van der Waals surface area contributed by atoms with Gasteiger partial charge in [-0.25, -0.2) is 17.2 Å². The molecule has 0 fully saturated rings. The van der Waals surface area contributed by atoms with Crippen LogP contribution in [0.5, 0.6) is 11.5 Å². The average Bonchev–Trinajstić information content (AvgIpc) is 3.46. The van der Waals surface area contributed by atoms with E-state index in [0.29, 0.717) is 22.4 Å². The number of carbonyl (C=O) groups is 1. The maximum Gasteiger partial charge on any atom is 0.320 e. The van der Waals surface area contributed by atoms with E-state index in [1.807, 2.05) is 6.07 Å². The van der Waals surface area contributed by atoms with Crippen LogP contribution < -0.4 is 15.4 Å². The Morgan fingerprint density at radius 2 is 1.70 bits per heavy atom. The van der Waals surface area contributed by atoms with E-state index in [0.717, 1.165) is 3.97 Å². The largest absolute Gasteiger partial charge is 0.500 e. The van der Waals surface area contributed by atoms with Crippen molar-refractivity contribution in [3.05, 3.63) is 118 Å². The molecule has 1 aliphatic rings. The molecule has 5 rings (SSSR count). The fourth-order valence-electron chi connectivity index (χ4n) is 4.54. The van der Waals surface area contributed by atoms with Gasteiger partial charge in [0, 0.05) is 29.6 Å². The number of phenols is 1. The molecule has 0 aliphatic carbocycles. The van der Waals surface area contributed by atoms with Crippen LogP contribution in [0.1, 0.15) is 29.7 Å². The quantitative estimate of drug-likeness (QED) is 0.209. The molecule has 0 saturated carbocycles. The molecule has 2 amide bonds. The second-order valence-electron chi connectivity index (χ2n) is 8.81. The summed E-state index contributed by atoms with van der Waals surface area (Å²) in [5.41, 5.74) is 1.62. The molecule has 1 aromatic heterocycles. The van der Waals surface area contributed by atoms with Crippen LogP contribution >= 0.6 is 0 Å². The van der Waals surface area contributed by atoms with Crippen molar-refractivity contribution >= 4 is 33.0 Å². The molecule has 12 heteroatoms. The van der Waals surface area contributed by atoms with E-state index in [-0.39, 0.29) is 22.8 Å². The molecular formula is C28H24N4O7S. The van der Waals surface area contributed by atoms with Gasteiger partial charge in [0.1, 0.15) is 0 Å². The number of rotatable bonds is 8. The van der Waals surface area contributed by atoms with Crippen LogP contribution in [0.2, 0.25) is 0 Å². The van der Waals surface area contributed by atoms with Gasteiger partial charge >= 0.3 is 11.7 Å². The monoisotopic (exact) mass is 560 g/mol. The van der Waals surface area contributed by atoms with E-state index in [2.05, 4.69) is 10.6 Å². The SMILES string of the molecule is CCOc1cc(C2NC(=O)NC(c3ccn(S(=O)(=O)c4ccccc4)c3)=C2c2ccccc2)cc([N+](=O)[O-])c1O. The van der Waals surface area contributed by atoms with Gasteiger partial charge in [0.2, 0.25) is 5.75 Å². The highest BCUT2D eigenvalue weighted by Gasteiger charge is 2.33. The number of hydrogen-bond donors (Lipinski definition) is 3. The van der Waals surface area contributed by atoms with E-state index in [1.165, 1.54) is 36.7 Å². The van der Waals surface area contributed by atoms with Gasteiger partial charge in [-0.1, -0.05) is 48.5 Å². The van der Waals surface area contributed by atoms with Gasteiger partial charge in [0.25, 0.3) is 10.0 Å². The molecular weight excluding hydrogens is 536 g/mol. The molecule has 204 valence electrons. The number of nitrogens with one attached hydrogen (secondary N) is 2. The summed E-state index contributed by atoms with van der Waals surface area (Å²) in [6, 6.07) is 19.6. The Hall–Kier alpha value is -5.10. The molecule has 0 radical (unpaired) electrons. The number of nitrogens with zero attached hydrogens (tertiary/aromatic N) is 2. The normalized spacial score (nSPS) is 15.3. The van der Waals surface area contributed by atoms with Crippen LogP contribution in [0.4, 0.5) is 10.5 Å². The molecule has 3 N–H and O–H groups in total. The Kier molecular flexibility index (Phi) is 7.01. The van der Waals surface area contributed by atoms with E-state index < -0.39 is 38.5 Å². The van der Waals surface area contributed by atoms with Crippen LogP contribution in [0, 0.1) is 10.1 Å². The summed E-state index contributed by atoms with van der Waals surface area (Å²) in [4.78, 5) is 24.0. The summed E-state index contributed by atoms with van der Waals surface area (Å²) in [6.07, 6.45) is 2.78. The van der Waals surface area contributed by atoms with Gasteiger partial charge in [0.05, 0.1) is 28.2 Å². The predicted molar refractivity (Wildman–Crippen MR) is 147 cm³/mol. The number of aromatic nitrogens is 1. The number of benzene rings is 3. The lowest BCUT2D eigenvalue weighted by molar-refractivity contribution is -0.386. The van der Waals surface area contributed by atoms with Crippen molar-refractivity contribution in [1.82, 2.24) is 14.6 Å². The van der Waals surface area contributed by atoms with Crippen molar-refractivity contribution in [2.75, 3.05) is 6.61 Å². The Morgan fingerprint density at radius 1 is 1.02 bits per heavy atom. The van der Waals surface area contributed by atoms with Crippen LogP contribution in [0.25, 0.3) is 11.3 Å². The Labute approximate surface area is 229 Å². The van der Waals surface area contributed by atoms with E-state index in [9.17, 15) is 28.4 Å². The average molecular weight is 561 g/mol. The molecule has 0 saturated heterocycles. The van der Waals surface area contributed by atoms with Crippen molar-refractivity contribution in [3.8, 4) is 11.5 Å². The lowest BCUT2D eigenvalue weighted by Crippen LogP contribution is -2.43. The maximum absolute atomic E-state index is 13.2. The minimum atomic E-state index is -3.90. The minimum Gasteiger partial charge on any atom is -0.500 e. The number of carbonyl (C=O) groups excluding carboxylic acids is 1. The molecule has 1 unspecified atom stereocenters. The van der Waals surface area contributed by atoms with E-state index in [4.69, 9.17) is 4.74 Å². The van der Waals surface area contributed by atoms with E-state index in [1.54, 1.807) is 55.5 Å². The number of urea groups is 1. The number of nitro groups is 1. The Bertz CT molecular complexity index is 1730. The van der Waals surface area contributed by atoms with Crippen LogP contribution in [0.3, 0.4) is 0 Å². The third kappa shape index (κ3) is 4.87. The number of ether oxygens (including phenoxy) is 1. The topological polar surface area (TPSA) is 153 Å². The minimum absolute atomic E-state index is 0.0986. The number of nitro benzene ring substituents is 1. The molecule has 4 aromatic rings. The van der Waals surface area contributed by atoms with Crippen LogP contribution in [-0.2, 0) is 10.0 Å². The molecule has 3 aromatic carbocycles. The van der Waals surface area contributed by atoms with Crippen molar-refractivity contribution in [2.45, 2.75) is 17.9 Å². The zero-order valence-electron chi connectivity index (χ0n) is 21.1. The lowest BCUT2D eigenvalue weighted by Gasteiger charge is -2.31. The summed E-state index contributed by atoms with van der Waals surface area (Å²) in [6.45, 7) is 1.81. The fraction of sp³-hybridized carbons (Fsp3) is 0.107. The fourth-order valence-corrected chi connectivity index (χ4v) is 5.76. The highest BCUT2D eigenvalue weighted by Crippen LogP contribution is 2.44. The first-order valence-electron chi connectivity index (χ1n) is 12.2. The first-order chi connectivity index (χ1) is 19.2. The van der Waals surface area contributed by atoms with Gasteiger partial charge in [0.15, 0.2) is 5.75 Å². The molecule has 2 heterocycles. The zero-order chi connectivity index (χ0) is 28.4. The van der Waals surface area contributed by atoms with Crippen LogP contribution in [0.15, 0.2) is 96.2 Å². The highest BCUT2D eigenvalue weighted by molar-refractivity contribution is 7.90. The number of aromatic hydroxyl groups is 1. The molecule has 40 heavy (non-hydrogen) atoms. The second kappa shape index (κ2) is 10.6. The van der Waals surface area contributed by atoms with Gasteiger partial charge in [-0.05, 0) is 42.3 Å². The zero-order valence-corrected chi connectivity index (χ0v) is 22.0. The van der Waals surface area contributed by atoms with Gasteiger partial charge in [-0.15, -0.1) is 0 Å². The van der Waals surface area contributed by atoms with Crippen molar-refractivity contribution in [3.63, 3.8) is 0 Å². The predicted octanol–water partition coefficient (Wildman–Crippen LogP) is 4.66. The van der Waals surface area contributed by atoms with Gasteiger partial charge in [-0.3, -0.25) is 10.1 Å². The Balaban J connectivity index is 1.71. The summed E-state index contributed by atoms with van der Waals surface area (Å²) in [5.74, 6) is -0.724. The van der Waals surface area contributed by atoms with Crippen molar-refractivity contribution in [1.29, 1.82) is 0 Å². The number of amides is 2. The molecule has 1 aliphatic heterocycles. The molecule has 0 bridgehead atoms. The first kappa shape index (κ1) is 26.5. The molecule has 1 atom stereocenters. The van der Waals surface area contributed by atoms with Crippen LogP contribution in [-0.4, -0.2) is 35.1 Å². The van der Waals surface area contributed by atoms with Gasteiger partial charge < -0.3 is 20.5 Å². The number of hydrogen-bond acceptors (Lipinski definition) is 7. The third-order valence-corrected chi connectivity index (χ3v) is 7.99. The summed E-state index contributed by atoms with van der Waals surface area (Å²) in [7, 11) is -3.90. The lowest BCUT2D eigenvalue weighted by atomic mass is 9.88. The number of phenolic OH excluding ortho intramolecular Hbond substituents is 1. The summed E-state index contributed by atoms with van der Waals surface area (Å²) >= 11 is 0. The van der Waals surface area contributed by atoms with Crippen molar-refractivity contribution in [2.24, 2.45) is 0 Å². The van der Waals surface area contributed by atoms with Crippen molar-refractivity contribution < 1.29 is 28.0 Å². The molecule has 0 spiro atoms. The maximum atomic E-state index is 13.2. The van der Waals surface area contributed by atoms with Gasteiger partial charge in [-0.2, -0.15) is 0 Å². The standard InChI is InChI=1S/C28H24N4O7S/c1-2-39-23-16-20(15-22(27(23)33)32(35)36)26-24(18-9-5-3-6-10-18)25(29-28(34)30-26)19-13-14-31(17-19)40(37,38)21-11-7-4-8-12-21/h3-17,26,33H,2H2,1H3,(H2,29,30,34). The Morgan fingerprint density at radius 3 is 2.35 bits per heavy atom. The summed E-state index contributed by atoms with van der Waals surface area (Å²) < 4.78 is 32.9. The second-order valence-corrected chi connectivity index (χ2v) is 10.7. The first-order valence-corrected chi connectivity index (χ1v) is 13.6.